The normalized spacial score (nSPS) is 14.6. The number of sulfonamides is 1. The van der Waals surface area contributed by atoms with Crippen LogP contribution in [0.1, 0.15) is 30.1 Å². The molecule has 1 heterocycles. The van der Waals surface area contributed by atoms with Gasteiger partial charge in [-0.05, 0) is 30.7 Å². The highest BCUT2D eigenvalue weighted by molar-refractivity contribution is 7.89. The number of para-hydroxylation sites is 1. The molecule has 2 aromatic carbocycles. The number of esters is 1. The van der Waals surface area contributed by atoms with Crippen molar-refractivity contribution < 1.29 is 27.4 Å². The molecule has 0 aromatic heterocycles. The van der Waals surface area contributed by atoms with Gasteiger partial charge in [0.1, 0.15) is 17.3 Å². The van der Waals surface area contributed by atoms with Crippen LogP contribution in [-0.2, 0) is 19.5 Å². The number of primary sulfonamides is 1. The van der Waals surface area contributed by atoms with E-state index in [9.17, 15) is 13.2 Å². The summed E-state index contributed by atoms with van der Waals surface area (Å²) in [5.74, 6) is -0.135. The molecule has 9 nitrogen and oxygen atoms in total. The van der Waals surface area contributed by atoms with Gasteiger partial charge < -0.3 is 19.5 Å². The number of nitrogens with zero attached hydrogens (tertiary/aromatic N) is 1. The average Bonchev–Trinajstić information content (AvgIpc) is 2.80. The second-order valence-electron chi connectivity index (χ2n) is 7.68. The molecule has 0 radical (unpaired) electrons. The molecule has 3 N–H and O–H groups in total. The molecular weight excluding hydrogens is 446 g/mol. The van der Waals surface area contributed by atoms with E-state index in [-0.39, 0.29) is 22.8 Å². The zero-order valence-corrected chi connectivity index (χ0v) is 19.6. The topological polar surface area (TPSA) is 120 Å². The Morgan fingerprint density at radius 1 is 1.18 bits per heavy atom. The Bertz CT molecular complexity index is 1020. The first-order chi connectivity index (χ1) is 15.9. The minimum atomic E-state index is -4.20. The van der Waals surface area contributed by atoms with E-state index < -0.39 is 16.0 Å². The molecular formula is C23H31N3O6S. The van der Waals surface area contributed by atoms with E-state index in [2.05, 4.69) is 10.2 Å². The van der Waals surface area contributed by atoms with E-state index in [1.54, 1.807) is 30.3 Å². The number of rotatable bonds is 11. The highest BCUT2D eigenvalue weighted by atomic mass is 32.2. The largest absolute Gasteiger partial charge is 0.461 e. The number of morpholine rings is 1. The van der Waals surface area contributed by atoms with Crippen molar-refractivity contribution in [2.24, 2.45) is 5.14 Å². The van der Waals surface area contributed by atoms with Crippen LogP contribution >= 0.6 is 0 Å². The van der Waals surface area contributed by atoms with Gasteiger partial charge in [0.05, 0.1) is 24.5 Å². The van der Waals surface area contributed by atoms with Crippen LogP contribution in [0.3, 0.4) is 0 Å². The molecule has 10 heteroatoms. The van der Waals surface area contributed by atoms with E-state index >= 15 is 0 Å². The Morgan fingerprint density at radius 2 is 1.91 bits per heavy atom. The molecule has 0 saturated carbocycles. The number of nitrogens with two attached hydrogens (primary N) is 1. The fourth-order valence-electron chi connectivity index (χ4n) is 3.35. The van der Waals surface area contributed by atoms with Gasteiger partial charge in [0, 0.05) is 26.2 Å². The molecule has 33 heavy (non-hydrogen) atoms. The van der Waals surface area contributed by atoms with Crippen LogP contribution < -0.4 is 15.2 Å². The lowest BCUT2D eigenvalue weighted by atomic mass is 10.1. The maximum atomic E-state index is 12.7. The van der Waals surface area contributed by atoms with E-state index in [1.807, 2.05) is 13.0 Å². The highest BCUT2D eigenvalue weighted by Gasteiger charge is 2.24. The number of anilines is 1. The van der Waals surface area contributed by atoms with Gasteiger partial charge in [0.15, 0.2) is 5.75 Å². The monoisotopic (exact) mass is 477 g/mol. The quantitative estimate of drug-likeness (QED) is 0.374. The van der Waals surface area contributed by atoms with Crippen LogP contribution in [0.4, 0.5) is 5.69 Å². The molecule has 0 spiro atoms. The van der Waals surface area contributed by atoms with E-state index in [1.165, 1.54) is 6.07 Å². The second kappa shape index (κ2) is 12.0. The van der Waals surface area contributed by atoms with Crippen LogP contribution in [0.5, 0.6) is 11.5 Å². The minimum Gasteiger partial charge on any atom is -0.461 e. The first-order valence-electron chi connectivity index (χ1n) is 11.0. The molecule has 180 valence electrons. The Morgan fingerprint density at radius 3 is 2.58 bits per heavy atom. The number of carbonyl (C=O) groups is 1. The standard InChI is InChI=1S/C23H31N3O6S/c1-2-3-9-25-20-16-18(23(27)31-15-12-26-10-13-30-14-11-26)17-21(33(24,28)29)22(20)32-19-7-5-4-6-8-19/h4-8,16-17,25H,2-3,9-15H2,1H3,(H2,24,28,29). The van der Waals surface area contributed by atoms with Gasteiger partial charge in [-0.1, -0.05) is 31.5 Å². The minimum absolute atomic E-state index is 0.0460. The predicted molar refractivity (Wildman–Crippen MR) is 125 cm³/mol. The summed E-state index contributed by atoms with van der Waals surface area (Å²) in [4.78, 5) is 14.6. The second-order valence-corrected chi connectivity index (χ2v) is 9.21. The fourth-order valence-corrected chi connectivity index (χ4v) is 4.05. The van der Waals surface area contributed by atoms with Crippen molar-refractivity contribution in [3.05, 3.63) is 48.0 Å². The van der Waals surface area contributed by atoms with Crippen molar-refractivity contribution in [3.63, 3.8) is 0 Å². The summed E-state index contributed by atoms with van der Waals surface area (Å²) in [5, 5.41) is 8.67. The lowest BCUT2D eigenvalue weighted by Gasteiger charge is -2.26. The Hall–Kier alpha value is -2.66. The van der Waals surface area contributed by atoms with Crippen LogP contribution in [0, 0.1) is 0 Å². The summed E-state index contributed by atoms with van der Waals surface area (Å²) in [6.45, 7) is 6.25. The first-order valence-corrected chi connectivity index (χ1v) is 12.6. The molecule has 1 fully saturated rings. The van der Waals surface area contributed by atoms with Crippen molar-refractivity contribution in [1.82, 2.24) is 4.90 Å². The third-order valence-electron chi connectivity index (χ3n) is 5.15. The maximum Gasteiger partial charge on any atom is 0.338 e. The van der Waals surface area contributed by atoms with Gasteiger partial charge in [-0.15, -0.1) is 0 Å². The van der Waals surface area contributed by atoms with Crippen LogP contribution in [0.25, 0.3) is 0 Å². The van der Waals surface area contributed by atoms with Crippen molar-refractivity contribution in [3.8, 4) is 11.5 Å². The maximum absolute atomic E-state index is 12.7. The zero-order chi connectivity index (χ0) is 23.7. The lowest BCUT2D eigenvalue weighted by molar-refractivity contribution is 0.0195. The summed E-state index contributed by atoms with van der Waals surface area (Å²) in [7, 11) is -4.20. The van der Waals surface area contributed by atoms with Gasteiger partial charge in [-0.25, -0.2) is 18.4 Å². The smallest absolute Gasteiger partial charge is 0.338 e. The van der Waals surface area contributed by atoms with Crippen LogP contribution in [-0.4, -0.2) is 65.3 Å². The average molecular weight is 478 g/mol. The molecule has 1 aliphatic heterocycles. The first kappa shape index (κ1) is 25.0. The van der Waals surface area contributed by atoms with Crippen LogP contribution in [0.15, 0.2) is 47.4 Å². The Balaban J connectivity index is 1.86. The number of carbonyl (C=O) groups excluding carboxylic acids is 1. The summed E-state index contributed by atoms with van der Waals surface area (Å²) < 4.78 is 41.5. The fraction of sp³-hybridized carbons (Fsp3) is 0.435. The molecule has 3 rings (SSSR count). The van der Waals surface area contributed by atoms with Gasteiger partial charge >= 0.3 is 5.97 Å². The number of unbranched alkanes of at least 4 members (excludes halogenated alkanes) is 1. The van der Waals surface area contributed by atoms with Gasteiger partial charge in [-0.3, -0.25) is 4.90 Å². The van der Waals surface area contributed by atoms with Crippen LogP contribution in [0.2, 0.25) is 0 Å². The molecule has 1 aliphatic rings. The van der Waals surface area contributed by atoms with Crippen molar-refractivity contribution in [2.75, 3.05) is 51.3 Å². The number of nitrogens with one attached hydrogen (secondary N) is 1. The Kier molecular flexibility index (Phi) is 9.07. The molecule has 0 amide bonds. The van der Waals surface area contributed by atoms with Gasteiger partial charge in [-0.2, -0.15) is 0 Å². The SMILES string of the molecule is CCCCNc1cc(C(=O)OCCN2CCOCC2)cc(S(N)(=O)=O)c1Oc1ccccc1. The van der Waals surface area contributed by atoms with Crippen molar-refractivity contribution >= 4 is 21.7 Å². The summed E-state index contributed by atoms with van der Waals surface area (Å²) >= 11 is 0. The van der Waals surface area contributed by atoms with Gasteiger partial charge in [0.2, 0.25) is 10.0 Å². The van der Waals surface area contributed by atoms with Gasteiger partial charge in [0.25, 0.3) is 0 Å². The van der Waals surface area contributed by atoms with Crippen molar-refractivity contribution in [2.45, 2.75) is 24.7 Å². The third kappa shape index (κ3) is 7.43. The molecule has 2 aromatic rings. The highest BCUT2D eigenvalue weighted by Crippen LogP contribution is 2.37. The van der Waals surface area contributed by atoms with E-state index in [0.717, 1.165) is 25.9 Å². The van der Waals surface area contributed by atoms with E-state index in [0.29, 0.717) is 37.7 Å². The molecule has 1 saturated heterocycles. The summed E-state index contributed by atoms with van der Waals surface area (Å²) in [6.07, 6.45) is 1.79. The van der Waals surface area contributed by atoms with Crippen molar-refractivity contribution in [1.29, 1.82) is 0 Å². The Labute approximate surface area is 194 Å². The summed E-state index contributed by atoms with van der Waals surface area (Å²) in [6, 6.07) is 11.5. The predicted octanol–water partition coefficient (Wildman–Crippen LogP) is 2.83. The molecule has 0 aliphatic carbocycles. The van der Waals surface area contributed by atoms with E-state index in [4.69, 9.17) is 19.3 Å². The molecule has 0 bridgehead atoms. The number of benzene rings is 2. The number of hydrogen-bond acceptors (Lipinski definition) is 8. The zero-order valence-electron chi connectivity index (χ0n) is 18.8. The molecule has 0 unspecified atom stereocenters. The third-order valence-corrected chi connectivity index (χ3v) is 6.07. The number of hydrogen-bond donors (Lipinski definition) is 2. The summed E-state index contributed by atoms with van der Waals surface area (Å²) in [5.41, 5.74) is 0.444. The number of ether oxygens (including phenoxy) is 3. The lowest BCUT2D eigenvalue weighted by Crippen LogP contribution is -2.38. The molecule has 0 atom stereocenters.